The fraction of sp³-hybridized carbons (Fsp3) is 0. The summed E-state index contributed by atoms with van der Waals surface area (Å²) in [6, 6.07) is 5.01. The number of nitrogens with one attached hydrogen (secondary N) is 4. The summed E-state index contributed by atoms with van der Waals surface area (Å²) in [6.45, 7) is 3.66. The summed E-state index contributed by atoms with van der Waals surface area (Å²) < 4.78 is 0. The van der Waals surface area contributed by atoms with E-state index in [0.29, 0.717) is 17.1 Å². The summed E-state index contributed by atoms with van der Waals surface area (Å²) in [5, 5.41) is 32.8. The van der Waals surface area contributed by atoms with E-state index in [2.05, 4.69) is 11.7 Å². The average molecular weight is 299 g/mol. The summed E-state index contributed by atoms with van der Waals surface area (Å²) in [5.74, 6) is 5.16. The molecular weight excluding hydrogens is 282 g/mol. The van der Waals surface area contributed by atoms with E-state index in [-0.39, 0.29) is 0 Å². The standard InChI is InChI=1S/C13H17N9/c1-2-20(10-19-18)11-3-12(21(6-14)7-15)5-13(4-11)22(8-16)9-17/h2-10,14-17H,1,18H2/b14-6?,15-7?,16-8?,17-9?,19-10-. The highest BCUT2D eigenvalue weighted by Crippen LogP contribution is 2.28. The molecule has 0 fully saturated rings. The molecule has 1 aromatic rings. The number of benzene rings is 1. The number of hydrogen-bond donors (Lipinski definition) is 5. The minimum absolute atomic E-state index is 0.503. The normalized spacial score (nSPS) is 9.82. The first-order valence-corrected chi connectivity index (χ1v) is 6.03. The van der Waals surface area contributed by atoms with E-state index in [1.54, 1.807) is 18.2 Å². The van der Waals surface area contributed by atoms with E-state index in [0.717, 1.165) is 25.4 Å². The van der Waals surface area contributed by atoms with Gasteiger partial charge in [0.05, 0.1) is 42.4 Å². The zero-order chi connectivity index (χ0) is 16.5. The smallest absolute Gasteiger partial charge is 0.119 e. The van der Waals surface area contributed by atoms with Gasteiger partial charge < -0.3 is 10.7 Å². The van der Waals surface area contributed by atoms with Crippen LogP contribution in [0.1, 0.15) is 0 Å². The van der Waals surface area contributed by atoms with Crippen molar-refractivity contribution < 1.29 is 0 Å². The Morgan fingerprint density at radius 1 is 0.818 bits per heavy atom. The molecule has 0 saturated carbocycles. The summed E-state index contributed by atoms with van der Waals surface area (Å²) in [7, 11) is 0. The summed E-state index contributed by atoms with van der Waals surface area (Å²) in [5.41, 5.74) is 1.60. The van der Waals surface area contributed by atoms with Gasteiger partial charge in [-0.25, -0.2) is 0 Å². The van der Waals surface area contributed by atoms with Gasteiger partial charge >= 0.3 is 0 Å². The highest BCUT2D eigenvalue weighted by molar-refractivity contribution is 6.03. The lowest BCUT2D eigenvalue weighted by molar-refractivity contribution is 1.23. The molecule has 1 rings (SSSR count). The Hall–Kier alpha value is -3.49. The van der Waals surface area contributed by atoms with E-state index in [1.807, 2.05) is 0 Å². The first-order valence-electron chi connectivity index (χ1n) is 6.03. The third kappa shape index (κ3) is 3.54. The van der Waals surface area contributed by atoms with Crippen LogP contribution in [0.5, 0.6) is 0 Å². The lowest BCUT2D eigenvalue weighted by Gasteiger charge is -2.22. The van der Waals surface area contributed by atoms with Crippen LogP contribution in [0.25, 0.3) is 0 Å². The average Bonchev–Trinajstić information content (AvgIpc) is 2.55. The van der Waals surface area contributed by atoms with Crippen molar-refractivity contribution >= 4 is 48.8 Å². The fourth-order valence-electron chi connectivity index (χ4n) is 1.69. The van der Waals surface area contributed by atoms with E-state index >= 15 is 0 Å². The minimum Gasteiger partial charge on any atom is -0.322 e. The molecular formula is C13H17N9. The highest BCUT2D eigenvalue weighted by atomic mass is 15.2. The lowest BCUT2D eigenvalue weighted by Crippen LogP contribution is -2.22. The van der Waals surface area contributed by atoms with Crippen LogP contribution in [-0.2, 0) is 0 Å². The SMILES string of the molecule is C=CN(/C=N\N)c1cc(N(C=N)C=N)cc(N(C=N)C=N)c1. The molecule has 0 unspecified atom stereocenters. The van der Waals surface area contributed by atoms with E-state index in [9.17, 15) is 0 Å². The van der Waals surface area contributed by atoms with Crippen molar-refractivity contribution in [2.45, 2.75) is 0 Å². The van der Waals surface area contributed by atoms with Crippen LogP contribution >= 0.6 is 0 Å². The number of hydrogen-bond acceptors (Lipinski definition) is 6. The topological polar surface area (TPSA) is 144 Å². The number of hydrazone groups is 1. The molecule has 0 amide bonds. The van der Waals surface area contributed by atoms with E-state index in [1.165, 1.54) is 27.2 Å². The molecule has 0 heterocycles. The maximum atomic E-state index is 7.33. The van der Waals surface area contributed by atoms with Gasteiger partial charge in [0, 0.05) is 6.20 Å². The first-order chi connectivity index (χ1) is 10.6. The van der Waals surface area contributed by atoms with Crippen molar-refractivity contribution in [3.63, 3.8) is 0 Å². The van der Waals surface area contributed by atoms with Crippen LogP contribution < -0.4 is 20.5 Å². The molecule has 9 nitrogen and oxygen atoms in total. The molecule has 0 bridgehead atoms. The van der Waals surface area contributed by atoms with Gasteiger partial charge in [-0.15, -0.1) is 0 Å². The second kappa shape index (κ2) is 7.94. The highest BCUT2D eigenvalue weighted by Gasteiger charge is 2.11. The van der Waals surface area contributed by atoms with Crippen molar-refractivity contribution in [2.24, 2.45) is 10.9 Å². The second-order valence-corrected chi connectivity index (χ2v) is 3.89. The molecule has 22 heavy (non-hydrogen) atoms. The fourth-order valence-corrected chi connectivity index (χ4v) is 1.69. The molecule has 0 spiro atoms. The first kappa shape index (κ1) is 16.6. The number of nitrogens with two attached hydrogens (primary N) is 1. The number of rotatable bonds is 9. The van der Waals surface area contributed by atoms with Crippen LogP contribution in [0.15, 0.2) is 36.1 Å². The van der Waals surface area contributed by atoms with Gasteiger partial charge in [0.2, 0.25) is 0 Å². The molecule has 1 aromatic carbocycles. The molecule has 6 N–H and O–H groups in total. The quantitative estimate of drug-likeness (QED) is 0.204. The maximum absolute atomic E-state index is 7.33. The van der Waals surface area contributed by atoms with Crippen molar-refractivity contribution in [2.75, 3.05) is 14.7 Å². The van der Waals surface area contributed by atoms with Gasteiger partial charge in [0.25, 0.3) is 0 Å². The molecule has 0 atom stereocenters. The molecule has 0 aliphatic rings. The Bertz CT molecular complexity index is 553. The zero-order valence-electron chi connectivity index (χ0n) is 11.8. The van der Waals surface area contributed by atoms with Crippen LogP contribution in [0.2, 0.25) is 0 Å². The largest absolute Gasteiger partial charge is 0.322 e. The molecule has 0 radical (unpaired) electrons. The minimum atomic E-state index is 0.503. The van der Waals surface area contributed by atoms with Crippen molar-refractivity contribution in [1.82, 2.24) is 0 Å². The molecule has 0 saturated heterocycles. The Balaban J connectivity index is 3.52. The van der Waals surface area contributed by atoms with Gasteiger partial charge in [-0.3, -0.25) is 31.4 Å². The Kier molecular flexibility index (Phi) is 5.98. The Morgan fingerprint density at radius 2 is 1.18 bits per heavy atom. The van der Waals surface area contributed by atoms with Gasteiger partial charge in [0.15, 0.2) is 0 Å². The van der Waals surface area contributed by atoms with E-state index in [4.69, 9.17) is 27.5 Å². The Labute approximate surface area is 128 Å². The molecule has 0 aliphatic heterocycles. The van der Waals surface area contributed by atoms with Crippen LogP contribution in [0.4, 0.5) is 17.1 Å². The predicted octanol–water partition coefficient (Wildman–Crippen LogP) is 1.58. The molecule has 0 aliphatic carbocycles. The Morgan fingerprint density at radius 3 is 1.45 bits per heavy atom. The monoisotopic (exact) mass is 299 g/mol. The summed E-state index contributed by atoms with van der Waals surface area (Å²) in [6.07, 6.45) is 6.73. The molecule has 0 aromatic heterocycles. The van der Waals surface area contributed by atoms with Gasteiger partial charge in [-0.1, -0.05) is 6.58 Å². The molecule has 9 heteroatoms. The van der Waals surface area contributed by atoms with Crippen LogP contribution in [0.3, 0.4) is 0 Å². The van der Waals surface area contributed by atoms with Gasteiger partial charge in [-0.05, 0) is 18.2 Å². The van der Waals surface area contributed by atoms with Gasteiger partial charge in [0.1, 0.15) is 6.34 Å². The molecule has 114 valence electrons. The van der Waals surface area contributed by atoms with Crippen LogP contribution in [0, 0.1) is 21.6 Å². The maximum Gasteiger partial charge on any atom is 0.119 e. The van der Waals surface area contributed by atoms with Crippen LogP contribution in [-0.4, -0.2) is 31.7 Å². The third-order valence-corrected chi connectivity index (χ3v) is 2.73. The third-order valence-electron chi connectivity index (χ3n) is 2.73. The number of anilines is 3. The van der Waals surface area contributed by atoms with Crippen molar-refractivity contribution in [3.8, 4) is 0 Å². The zero-order valence-corrected chi connectivity index (χ0v) is 11.8. The van der Waals surface area contributed by atoms with Crippen molar-refractivity contribution in [3.05, 3.63) is 31.0 Å². The lowest BCUT2D eigenvalue weighted by atomic mass is 10.2. The summed E-state index contributed by atoms with van der Waals surface area (Å²) >= 11 is 0. The van der Waals surface area contributed by atoms with E-state index < -0.39 is 0 Å². The second-order valence-electron chi connectivity index (χ2n) is 3.89. The van der Waals surface area contributed by atoms with Crippen molar-refractivity contribution in [1.29, 1.82) is 21.6 Å². The predicted molar refractivity (Wildman–Crippen MR) is 91.9 cm³/mol. The summed E-state index contributed by atoms with van der Waals surface area (Å²) in [4.78, 5) is 4.06. The number of nitrogens with zero attached hydrogens (tertiary/aromatic N) is 4. The van der Waals surface area contributed by atoms with Gasteiger partial charge in [-0.2, -0.15) is 5.10 Å².